The second-order valence-corrected chi connectivity index (χ2v) is 7.98. The third-order valence-corrected chi connectivity index (χ3v) is 6.00. The summed E-state index contributed by atoms with van der Waals surface area (Å²) in [6.45, 7) is 4.84. The molecule has 2 aliphatic rings. The number of imidazole rings is 1. The number of oxazole rings is 1. The topological polar surface area (TPSA) is 134 Å². The first-order valence-corrected chi connectivity index (χ1v) is 9.67. The minimum atomic E-state index is -0.917. The number of aromatic amines is 1. The van der Waals surface area contributed by atoms with Crippen LogP contribution in [-0.2, 0) is 4.74 Å². The Balaban J connectivity index is 1.45. The second kappa shape index (κ2) is 7.27. The molecule has 0 saturated carbocycles. The molecular weight excluding hydrogens is 378 g/mol. The summed E-state index contributed by atoms with van der Waals surface area (Å²) in [5.74, 6) is 0.293. The van der Waals surface area contributed by atoms with Crippen molar-refractivity contribution in [1.82, 2.24) is 25.2 Å². The third kappa shape index (κ3) is 3.53. The van der Waals surface area contributed by atoms with E-state index in [0.717, 1.165) is 0 Å². The molecule has 2 aromatic rings. The smallest absolute Gasteiger partial charge is 0.291 e. The summed E-state index contributed by atoms with van der Waals surface area (Å²) in [6.07, 6.45) is 4.58. The monoisotopic (exact) mass is 403 g/mol. The van der Waals surface area contributed by atoms with Crippen molar-refractivity contribution in [3.8, 4) is 0 Å². The SMILES string of the molecule is Cc1ncc(C(=O)N[C@@]2(C)CCOC3(CCN(C(=O)c4cnco4)CC3)[C@@H]2O)[nH]1. The van der Waals surface area contributed by atoms with E-state index in [9.17, 15) is 14.7 Å². The number of hydrogen-bond donors (Lipinski definition) is 3. The van der Waals surface area contributed by atoms with Gasteiger partial charge >= 0.3 is 0 Å². The molecule has 2 amide bonds. The van der Waals surface area contributed by atoms with Gasteiger partial charge in [-0.1, -0.05) is 0 Å². The number of H-pyrrole nitrogens is 1. The van der Waals surface area contributed by atoms with Gasteiger partial charge in [0.2, 0.25) is 5.76 Å². The minimum absolute atomic E-state index is 0.193. The lowest BCUT2D eigenvalue weighted by atomic mass is 9.73. The first kappa shape index (κ1) is 19.6. The Bertz CT molecular complexity index is 887. The van der Waals surface area contributed by atoms with Gasteiger partial charge in [-0.2, -0.15) is 0 Å². The normalized spacial score (nSPS) is 26.4. The van der Waals surface area contributed by atoms with Gasteiger partial charge in [0.15, 0.2) is 6.39 Å². The molecule has 2 aromatic heterocycles. The molecule has 0 aliphatic carbocycles. The molecule has 2 saturated heterocycles. The Labute approximate surface area is 167 Å². The van der Waals surface area contributed by atoms with E-state index in [2.05, 4.69) is 20.3 Å². The van der Waals surface area contributed by atoms with Crippen LogP contribution in [0.2, 0.25) is 0 Å². The highest BCUT2D eigenvalue weighted by Crippen LogP contribution is 2.40. The highest BCUT2D eigenvalue weighted by Gasteiger charge is 2.54. The van der Waals surface area contributed by atoms with Crippen molar-refractivity contribution in [2.45, 2.75) is 50.4 Å². The molecule has 156 valence electrons. The summed E-state index contributed by atoms with van der Waals surface area (Å²) in [7, 11) is 0. The number of rotatable bonds is 3. The zero-order valence-corrected chi connectivity index (χ0v) is 16.5. The van der Waals surface area contributed by atoms with Gasteiger partial charge in [0.1, 0.15) is 17.6 Å². The van der Waals surface area contributed by atoms with Gasteiger partial charge in [-0.25, -0.2) is 9.97 Å². The molecule has 2 atom stereocenters. The van der Waals surface area contributed by atoms with Gasteiger partial charge in [0.05, 0.1) is 23.5 Å². The number of nitrogens with zero attached hydrogens (tertiary/aromatic N) is 3. The molecule has 0 aromatic carbocycles. The lowest BCUT2D eigenvalue weighted by molar-refractivity contribution is -0.203. The Morgan fingerprint density at radius 3 is 2.69 bits per heavy atom. The molecule has 4 heterocycles. The number of ether oxygens (including phenoxy) is 1. The van der Waals surface area contributed by atoms with Crippen molar-refractivity contribution < 1.29 is 23.8 Å². The predicted molar refractivity (Wildman–Crippen MR) is 100 cm³/mol. The van der Waals surface area contributed by atoms with Crippen molar-refractivity contribution in [2.75, 3.05) is 19.7 Å². The number of likely N-dealkylation sites (tertiary alicyclic amines) is 1. The maximum absolute atomic E-state index is 12.6. The van der Waals surface area contributed by atoms with Gasteiger partial charge in [-0.15, -0.1) is 0 Å². The zero-order valence-electron chi connectivity index (χ0n) is 16.5. The number of piperidine rings is 1. The van der Waals surface area contributed by atoms with Gasteiger partial charge in [0.25, 0.3) is 11.8 Å². The van der Waals surface area contributed by atoms with Gasteiger partial charge in [-0.3, -0.25) is 9.59 Å². The molecular formula is C19H25N5O5. The molecule has 2 fully saturated rings. The van der Waals surface area contributed by atoms with Crippen LogP contribution >= 0.6 is 0 Å². The van der Waals surface area contributed by atoms with Crippen molar-refractivity contribution in [3.63, 3.8) is 0 Å². The molecule has 0 unspecified atom stereocenters. The van der Waals surface area contributed by atoms with Crippen LogP contribution in [0.25, 0.3) is 0 Å². The van der Waals surface area contributed by atoms with Gasteiger partial charge < -0.3 is 29.5 Å². The summed E-state index contributed by atoms with van der Waals surface area (Å²) >= 11 is 0. The van der Waals surface area contributed by atoms with Crippen LogP contribution in [0.15, 0.2) is 23.2 Å². The van der Waals surface area contributed by atoms with E-state index in [-0.39, 0.29) is 17.6 Å². The summed E-state index contributed by atoms with van der Waals surface area (Å²) < 4.78 is 11.1. The number of aliphatic hydroxyl groups excluding tert-OH is 1. The highest BCUT2D eigenvalue weighted by atomic mass is 16.5. The third-order valence-electron chi connectivity index (χ3n) is 6.00. The summed E-state index contributed by atoms with van der Waals surface area (Å²) in [5, 5.41) is 14.2. The van der Waals surface area contributed by atoms with Gasteiger partial charge in [0, 0.05) is 19.7 Å². The second-order valence-electron chi connectivity index (χ2n) is 7.98. The number of carbonyl (C=O) groups is 2. The molecule has 0 bridgehead atoms. The molecule has 10 nitrogen and oxygen atoms in total. The molecule has 0 radical (unpaired) electrons. The van der Waals surface area contributed by atoms with E-state index in [4.69, 9.17) is 9.15 Å². The summed E-state index contributed by atoms with van der Waals surface area (Å²) in [5.41, 5.74) is -1.32. The Morgan fingerprint density at radius 1 is 1.31 bits per heavy atom. The van der Waals surface area contributed by atoms with E-state index >= 15 is 0 Å². The van der Waals surface area contributed by atoms with E-state index in [0.29, 0.717) is 50.5 Å². The molecule has 3 N–H and O–H groups in total. The molecule has 1 spiro atoms. The van der Waals surface area contributed by atoms with Crippen molar-refractivity contribution in [3.05, 3.63) is 36.1 Å². The van der Waals surface area contributed by atoms with Crippen LogP contribution in [0.4, 0.5) is 0 Å². The van der Waals surface area contributed by atoms with Crippen LogP contribution in [0, 0.1) is 6.92 Å². The number of aromatic nitrogens is 3. The van der Waals surface area contributed by atoms with E-state index in [1.807, 2.05) is 6.92 Å². The average Bonchev–Trinajstić information content (AvgIpc) is 3.38. The van der Waals surface area contributed by atoms with E-state index < -0.39 is 17.2 Å². The Morgan fingerprint density at radius 2 is 2.07 bits per heavy atom. The average molecular weight is 403 g/mol. The summed E-state index contributed by atoms with van der Waals surface area (Å²) in [6, 6.07) is 0. The van der Waals surface area contributed by atoms with E-state index in [1.54, 1.807) is 11.8 Å². The number of aliphatic hydroxyl groups is 1. The molecule has 10 heteroatoms. The lowest BCUT2D eigenvalue weighted by Gasteiger charge is -2.53. The summed E-state index contributed by atoms with van der Waals surface area (Å²) in [4.78, 5) is 37.5. The fraction of sp³-hybridized carbons (Fsp3) is 0.579. The van der Waals surface area contributed by atoms with Crippen molar-refractivity contribution in [1.29, 1.82) is 0 Å². The maximum atomic E-state index is 12.6. The van der Waals surface area contributed by atoms with E-state index in [1.165, 1.54) is 18.8 Å². The van der Waals surface area contributed by atoms with Crippen molar-refractivity contribution in [2.24, 2.45) is 0 Å². The maximum Gasteiger partial charge on any atom is 0.291 e. The van der Waals surface area contributed by atoms with Crippen LogP contribution in [0.1, 0.15) is 53.1 Å². The van der Waals surface area contributed by atoms with Crippen LogP contribution in [0.5, 0.6) is 0 Å². The molecule has 2 aliphatic heterocycles. The molecule has 29 heavy (non-hydrogen) atoms. The standard InChI is InChI=1S/C19H25N5O5/c1-12-21-9-13(22-12)15(25)23-18(2)5-8-29-19(17(18)27)3-6-24(7-4-19)16(26)14-10-20-11-28-14/h9-11,17,27H,3-8H2,1-2H3,(H,21,22)(H,23,25)/t17-,18+/m1/s1. The van der Waals surface area contributed by atoms with Crippen LogP contribution in [-0.4, -0.2) is 73.7 Å². The fourth-order valence-electron chi connectivity index (χ4n) is 4.24. The first-order chi connectivity index (χ1) is 13.8. The fourth-order valence-corrected chi connectivity index (χ4v) is 4.24. The van der Waals surface area contributed by atoms with Crippen molar-refractivity contribution >= 4 is 11.8 Å². The number of amides is 2. The number of aryl methyl sites for hydroxylation is 1. The zero-order chi connectivity index (χ0) is 20.6. The largest absolute Gasteiger partial charge is 0.438 e. The Kier molecular flexibility index (Phi) is 4.91. The lowest BCUT2D eigenvalue weighted by Crippen LogP contribution is -2.69. The van der Waals surface area contributed by atoms with Crippen LogP contribution < -0.4 is 5.32 Å². The number of carbonyl (C=O) groups excluding carboxylic acids is 2. The quantitative estimate of drug-likeness (QED) is 0.685. The molecule has 4 rings (SSSR count). The number of nitrogens with one attached hydrogen (secondary N) is 2. The minimum Gasteiger partial charge on any atom is -0.438 e. The number of hydrogen-bond acceptors (Lipinski definition) is 7. The van der Waals surface area contributed by atoms with Gasteiger partial charge in [-0.05, 0) is 33.1 Å². The predicted octanol–water partition coefficient (Wildman–Crippen LogP) is 0.651. The Hall–Kier alpha value is -2.72. The first-order valence-electron chi connectivity index (χ1n) is 9.67. The highest BCUT2D eigenvalue weighted by molar-refractivity contribution is 5.92. The van der Waals surface area contributed by atoms with Crippen LogP contribution in [0.3, 0.4) is 0 Å².